The number of nitrogens with one attached hydrogen (secondary N) is 1. The predicted molar refractivity (Wildman–Crippen MR) is 66.8 cm³/mol. The molecular weight excluding hydrogens is 257 g/mol. The number of nitrogens with zero attached hydrogens (tertiary/aromatic N) is 1. The molecule has 7 heteroatoms. The van der Waals surface area contributed by atoms with Crippen molar-refractivity contribution in [3.8, 4) is 0 Å². The van der Waals surface area contributed by atoms with Gasteiger partial charge in [0.15, 0.2) is 0 Å². The molecule has 0 radical (unpaired) electrons. The van der Waals surface area contributed by atoms with E-state index in [1.54, 1.807) is 0 Å². The average molecular weight is 275 g/mol. The standard InChI is InChI=1S/C11H18FN3O2S/c1-2-9(3-4-13)6-15-18(16,17)11-5-10(12)7-14-8-11/h5,7-9,15H,2-4,6,13H2,1H3. The van der Waals surface area contributed by atoms with Gasteiger partial charge in [0.2, 0.25) is 10.0 Å². The molecule has 0 aromatic carbocycles. The van der Waals surface area contributed by atoms with Gasteiger partial charge in [-0.1, -0.05) is 13.3 Å². The predicted octanol–water partition coefficient (Wildman–Crippen LogP) is 0.874. The summed E-state index contributed by atoms with van der Waals surface area (Å²) in [6.07, 6.45) is 3.67. The Morgan fingerprint density at radius 1 is 1.50 bits per heavy atom. The molecule has 0 amide bonds. The molecule has 0 bridgehead atoms. The van der Waals surface area contributed by atoms with E-state index in [-0.39, 0.29) is 10.8 Å². The lowest BCUT2D eigenvalue weighted by Gasteiger charge is -2.14. The zero-order valence-electron chi connectivity index (χ0n) is 10.3. The second-order valence-corrected chi connectivity index (χ2v) is 5.81. The molecule has 0 aliphatic heterocycles. The number of nitrogens with two attached hydrogens (primary N) is 1. The number of rotatable bonds is 7. The monoisotopic (exact) mass is 275 g/mol. The number of halogens is 1. The Morgan fingerprint density at radius 2 is 2.22 bits per heavy atom. The van der Waals surface area contributed by atoms with E-state index in [1.807, 2.05) is 6.92 Å². The van der Waals surface area contributed by atoms with Gasteiger partial charge in [0.1, 0.15) is 10.7 Å². The Kier molecular flexibility index (Phi) is 5.64. The van der Waals surface area contributed by atoms with Crippen LogP contribution >= 0.6 is 0 Å². The molecule has 18 heavy (non-hydrogen) atoms. The van der Waals surface area contributed by atoms with Gasteiger partial charge in [0, 0.05) is 12.7 Å². The maximum Gasteiger partial charge on any atom is 0.242 e. The van der Waals surface area contributed by atoms with Crippen molar-refractivity contribution >= 4 is 10.0 Å². The minimum absolute atomic E-state index is 0.162. The molecule has 3 N–H and O–H groups in total. The van der Waals surface area contributed by atoms with Gasteiger partial charge in [-0.2, -0.15) is 0 Å². The summed E-state index contributed by atoms with van der Waals surface area (Å²) in [6, 6.07) is 0.944. The molecule has 0 spiro atoms. The molecule has 1 aromatic rings. The second-order valence-electron chi connectivity index (χ2n) is 4.04. The van der Waals surface area contributed by atoms with Crippen molar-refractivity contribution in [3.05, 3.63) is 24.3 Å². The van der Waals surface area contributed by atoms with E-state index in [4.69, 9.17) is 5.73 Å². The highest BCUT2D eigenvalue weighted by Gasteiger charge is 2.16. The summed E-state index contributed by atoms with van der Waals surface area (Å²) in [7, 11) is -3.70. The van der Waals surface area contributed by atoms with Crippen LogP contribution in [0.2, 0.25) is 0 Å². The van der Waals surface area contributed by atoms with E-state index in [1.165, 1.54) is 0 Å². The summed E-state index contributed by atoms with van der Waals surface area (Å²) in [4.78, 5) is 3.36. The molecule has 1 rings (SSSR count). The summed E-state index contributed by atoms with van der Waals surface area (Å²) in [5.74, 6) is -0.488. The van der Waals surface area contributed by atoms with E-state index in [0.717, 1.165) is 31.3 Å². The van der Waals surface area contributed by atoms with Gasteiger partial charge >= 0.3 is 0 Å². The van der Waals surface area contributed by atoms with Crippen LogP contribution in [0.1, 0.15) is 19.8 Å². The summed E-state index contributed by atoms with van der Waals surface area (Å²) < 4.78 is 39.1. The number of hydrogen-bond acceptors (Lipinski definition) is 4. The fourth-order valence-electron chi connectivity index (χ4n) is 1.54. The van der Waals surface area contributed by atoms with Gasteiger partial charge in [-0.3, -0.25) is 4.98 Å². The van der Waals surface area contributed by atoms with Crippen LogP contribution in [-0.4, -0.2) is 26.5 Å². The zero-order chi connectivity index (χ0) is 13.6. The van der Waals surface area contributed by atoms with Crippen LogP contribution < -0.4 is 10.5 Å². The SMILES string of the molecule is CCC(CCN)CNS(=O)(=O)c1cncc(F)c1. The third-order valence-electron chi connectivity index (χ3n) is 2.70. The first-order valence-corrected chi connectivity index (χ1v) is 7.28. The Bertz CT molecular complexity index is 479. The highest BCUT2D eigenvalue weighted by atomic mass is 32.2. The highest BCUT2D eigenvalue weighted by molar-refractivity contribution is 7.89. The third kappa shape index (κ3) is 4.32. The molecule has 1 aromatic heterocycles. The molecule has 0 fully saturated rings. The largest absolute Gasteiger partial charge is 0.330 e. The molecular formula is C11H18FN3O2S. The summed E-state index contributed by atoms with van der Waals surface area (Å²) >= 11 is 0. The lowest BCUT2D eigenvalue weighted by molar-refractivity contribution is 0.465. The van der Waals surface area contributed by atoms with Gasteiger partial charge in [-0.05, 0) is 24.9 Å². The van der Waals surface area contributed by atoms with Gasteiger partial charge < -0.3 is 5.73 Å². The van der Waals surface area contributed by atoms with E-state index in [9.17, 15) is 12.8 Å². The fraction of sp³-hybridized carbons (Fsp3) is 0.545. The number of pyridine rings is 1. The van der Waals surface area contributed by atoms with E-state index in [2.05, 4.69) is 9.71 Å². The summed E-state index contributed by atoms with van der Waals surface area (Å²) in [5, 5.41) is 0. The van der Waals surface area contributed by atoms with Crippen molar-refractivity contribution in [3.63, 3.8) is 0 Å². The van der Waals surface area contributed by atoms with Gasteiger partial charge in [-0.15, -0.1) is 0 Å². The summed E-state index contributed by atoms with van der Waals surface area (Å²) in [6.45, 7) is 2.78. The Morgan fingerprint density at radius 3 is 2.78 bits per heavy atom. The number of hydrogen-bond donors (Lipinski definition) is 2. The van der Waals surface area contributed by atoms with Crippen molar-refractivity contribution in [1.82, 2.24) is 9.71 Å². The second kappa shape index (κ2) is 6.77. The van der Waals surface area contributed by atoms with Crippen LogP contribution in [0.5, 0.6) is 0 Å². The lowest BCUT2D eigenvalue weighted by Crippen LogP contribution is -2.30. The van der Waals surface area contributed by atoms with Crippen LogP contribution in [0.15, 0.2) is 23.4 Å². The number of aromatic nitrogens is 1. The first kappa shape index (κ1) is 15.0. The van der Waals surface area contributed by atoms with E-state index < -0.39 is 15.8 Å². The van der Waals surface area contributed by atoms with E-state index in [0.29, 0.717) is 13.1 Å². The first-order valence-electron chi connectivity index (χ1n) is 5.80. The normalized spacial score (nSPS) is 13.5. The molecule has 1 atom stereocenters. The Labute approximate surface area is 107 Å². The molecule has 1 heterocycles. The van der Waals surface area contributed by atoms with Crippen molar-refractivity contribution in [2.45, 2.75) is 24.7 Å². The molecule has 5 nitrogen and oxygen atoms in total. The lowest BCUT2D eigenvalue weighted by atomic mass is 10.0. The molecule has 102 valence electrons. The first-order chi connectivity index (χ1) is 8.49. The van der Waals surface area contributed by atoms with Crippen molar-refractivity contribution in [2.24, 2.45) is 11.7 Å². The highest BCUT2D eigenvalue weighted by Crippen LogP contribution is 2.11. The smallest absolute Gasteiger partial charge is 0.242 e. The van der Waals surface area contributed by atoms with Crippen molar-refractivity contribution in [2.75, 3.05) is 13.1 Å². The summed E-state index contributed by atoms with van der Waals surface area (Å²) in [5.41, 5.74) is 5.44. The van der Waals surface area contributed by atoms with E-state index >= 15 is 0 Å². The molecule has 0 saturated heterocycles. The van der Waals surface area contributed by atoms with Gasteiger partial charge in [-0.25, -0.2) is 17.5 Å². The molecule has 0 aliphatic carbocycles. The minimum atomic E-state index is -3.70. The topological polar surface area (TPSA) is 85.1 Å². The average Bonchev–Trinajstić information content (AvgIpc) is 2.34. The maximum atomic E-state index is 12.9. The van der Waals surface area contributed by atoms with Crippen LogP contribution in [-0.2, 0) is 10.0 Å². The molecule has 0 aliphatic rings. The molecule has 1 unspecified atom stereocenters. The third-order valence-corrected chi connectivity index (χ3v) is 4.09. The van der Waals surface area contributed by atoms with Gasteiger partial charge in [0.05, 0.1) is 6.20 Å². The fourth-order valence-corrected chi connectivity index (χ4v) is 2.63. The Hall–Kier alpha value is -1.05. The maximum absolute atomic E-state index is 12.9. The quantitative estimate of drug-likeness (QED) is 0.773. The minimum Gasteiger partial charge on any atom is -0.330 e. The van der Waals surface area contributed by atoms with Crippen molar-refractivity contribution in [1.29, 1.82) is 0 Å². The number of sulfonamides is 1. The zero-order valence-corrected chi connectivity index (χ0v) is 11.1. The molecule has 0 saturated carbocycles. The van der Waals surface area contributed by atoms with Crippen LogP contribution in [0.25, 0.3) is 0 Å². The van der Waals surface area contributed by atoms with Crippen LogP contribution in [0.4, 0.5) is 4.39 Å². The van der Waals surface area contributed by atoms with Gasteiger partial charge in [0.25, 0.3) is 0 Å². The van der Waals surface area contributed by atoms with Crippen LogP contribution in [0, 0.1) is 11.7 Å². The Balaban J connectivity index is 2.70. The van der Waals surface area contributed by atoms with Crippen LogP contribution in [0.3, 0.4) is 0 Å². The van der Waals surface area contributed by atoms with Crippen molar-refractivity contribution < 1.29 is 12.8 Å².